The Morgan fingerprint density at radius 3 is 1.69 bits per heavy atom. The summed E-state index contributed by atoms with van der Waals surface area (Å²) in [5.41, 5.74) is 5.35. The lowest BCUT2D eigenvalue weighted by Crippen LogP contribution is -2.55. The number of para-hydroxylation sites is 2. The standard InChI is InChI=1S/C32H19BO2/c1-3-10-22-20(8-1)16-18-27-30(22)35-31-23-11-4-2-9-21(23)17-19-28(31)33(27)26-14-7-13-25-24-12-5-6-15-29(24)34-32(25)26/h1-19H. The molecule has 2 nitrogen and oxygen atoms in total. The molecule has 3 heteroatoms. The average Bonchev–Trinajstić information content (AvgIpc) is 3.31. The van der Waals surface area contributed by atoms with Crippen LogP contribution in [0.1, 0.15) is 0 Å². The number of furan rings is 1. The lowest BCUT2D eigenvalue weighted by atomic mass is 9.35. The molecule has 0 aliphatic carbocycles. The maximum Gasteiger partial charge on any atom is 0.255 e. The summed E-state index contributed by atoms with van der Waals surface area (Å²) in [6, 6.07) is 40.6. The van der Waals surface area contributed by atoms with Gasteiger partial charge in [0, 0.05) is 21.5 Å². The highest BCUT2D eigenvalue weighted by molar-refractivity contribution is 6.98. The van der Waals surface area contributed by atoms with Crippen LogP contribution in [0, 0.1) is 0 Å². The molecule has 8 rings (SSSR count). The molecule has 0 atom stereocenters. The second kappa shape index (κ2) is 7.00. The Morgan fingerprint density at radius 1 is 0.429 bits per heavy atom. The number of hydrogen-bond acceptors (Lipinski definition) is 2. The first kappa shape index (κ1) is 18.9. The van der Waals surface area contributed by atoms with Crippen molar-refractivity contribution in [2.75, 3.05) is 0 Å². The molecule has 0 saturated heterocycles. The second-order valence-electron chi connectivity index (χ2n) is 9.27. The molecule has 6 aromatic carbocycles. The maximum absolute atomic E-state index is 6.80. The van der Waals surface area contributed by atoms with Gasteiger partial charge in [0.25, 0.3) is 6.71 Å². The first-order chi connectivity index (χ1) is 17.4. The van der Waals surface area contributed by atoms with Gasteiger partial charge in [-0.15, -0.1) is 0 Å². The van der Waals surface area contributed by atoms with Crippen LogP contribution in [-0.2, 0) is 0 Å². The first-order valence-electron chi connectivity index (χ1n) is 12.0. The maximum atomic E-state index is 6.80. The minimum Gasteiger partial charge on any atom is -0.457 e. The van der Waals surface area contributed by atoms with Crippen molar-refractivity contribution < 1.29 is 9.15 Å². The van der Waals surface area contributed by atoms with Crippen molar-refractivity contribution in [2.45, 2.75) is 0 Å². The first-order valence-corrected chi connectivity index (χ1v) is 12.0. The molecule has 0 saturated carbocycles. The summed E-state index contributed by atoms with van der Waals surface area (Å²) in [5, 5.41) is 6.91. The van der Waals surface area contributed by atoms with E-state index < -0.39 is 0 Å². The fourth-order valence-corrected chi connectivity index (χ4v) is 5.80. The van der Waals surface area contributed by atoms with Crippen LogP contribution in [0.2, 0.25) is 0 Å². The summed E-state index contributed by atoms with van der Waals surface area (Å²) in [6.45, 7) is -0.00720. The Balaban J connectivity index is 1.51. The van der Waals surface area contributed by atoms with Crippen molar-refractivity contribution in [3.05, 3.63) is 115 Å². The zero-order valence-electron chi connectivity index (χ0n) is 18.9. The van der Waals surface area contributed by atoms with Crippen LogP contribution in [0.15, 0.2) is 120 Å². The Bertz CT molecular complexity index is 1860. The molecule has 1 aliphatic heterocycles. The summed E-state index contributed by atoms with van der Waals surface area (Å²) in [4.78, 5) is 0. The Labute approximate surface area is 202 Å². The quantitative estimate of drug-likeness (QED) is 0.268. The van der Waals surface area contributed by atoms with E-state index in [-0.39, 0.29) is 6.71 Å². The third-order valence-corrected chi connectivity index (χ3v) is 7.39. The van der Waals surface area contributed by atoms with Gasteiger partial charge in [-0.05, 0) is 33.2 Å². The van der Waals surface area contributed by atoms with Gasteiger partial charge in [-0.3, -0.25) is 0 Å². The summed E-state index contributed by atoms with van der Waals surface area (Å²) in [7, 11) is 0. The molecule has 0 N–H and O–H groups in total. The van der Waals surface area contributed by atoms with Crippen molar-refractivity contribution >= 4 is 66.6 Å². The van der Waals surface area contributed by atoms with Crippen LogP contribution in [0.4, 0.5) is 0 Å². The molecule has 0 radical (unpaired) electrons. The van der Waals surface area contributed by atoms with E-state index in [0.717, 1.165) is 49.7 Å². The topological polar surface area (TPSA) is 22.4 Å². The third-order valence-electron chi connectivity index (χ3n) is 7.39. The van der Waals surface area contributed by atoms with Gasteiger partial charge < -0.3 is 9.15 Å². The number of fused-ring (bicyclic) bond motifs is 9. The minimum atomic E-state index is -0.00720. The minimum absolute atomic E-state index is 0.00720. The fourth-order valence-electron chi connectivity index (χ4n) is 5.80. The van der Waals surface area contributed by atoms with Gasteiger partial charge in [0.2, 0.25) is 0 Å². The fraction of sp³-hybridized carbons (Fsp3) is 0. The number of benzene rings is 6. The van der Waals surface area contributed by atoms with Crippen molar-refractivity contribution in [3.8, 4) is 11.5 Å². The lowest BCUT2D eigenvalue weighted by molar-refractivity contribution is 0.499. The molecule has 0 unspecified atom stereocenters. The predicted molar refractivity (Wildman–Crippen MR) is 146 cm³/mol. The van der Waals surface area contributed by atoms with Crippen molar-refractivity contribution in [3.63, 3.8) is 0 Å². The van der Waals surface area contributed by atoms with Gasteiger partial charge >= 0.3 is 0 Å². The van der Waals surface area contributed by atoms with Gasteiger partial charge in [0.15, 0.2) is 0 Å². The molecule has 0 fully saturated rings. The largest absolute Gasteiger partial charge is 0.457 e. The predicted octanol–water partition coefficient (Wildman–Crippen LogP) is 6.51. The van der Waals surface area contributed by atoms with Gasteiger partial charge in [-0.1, -0.05) is 109 Å². The molecule has 0 bridgehead atoms. The molecule has 7 aromatic rings. The monoisotopic (exact) mass is 446 g/mol. The normalized spacial score (nSPS) is 12.7. The van der Waals surface area contributed by atoms with Crippen LogP contribution < -0.4 is 21.1 Å². The SMILES string of the molecule is c1ccc2c3c(ccc2c1)B(c1cccc2c1oc1ccccc12)c1ccc2ccccc2c1O3. The van der Waals surface area contributed by atoms with Crippen LogP contribution in [0.5, 0.6) is 11.5 Å². The number of ether oxygens (including phenoxy) is 1. The van der Waals surface area contributed by atoms with Crippen LogP contribution in [0.25, 0.3) is 43.5 Å². The molecule has 162 valence electrons. The van der Waals surface area contributed by atoms with E-state index in [0.29, 0.717) is 0 Å². The average molecular weight is 446 g/mol. The highest BCUT2D eigenvalue weighted by Gasteiger charge is 2.36. The van der Waals surface area contributed by atoms with Crippen LogP contribution >= 0.6 is 0 Å². The van der Waals surface area contributed by atoms with E-state index in [1.54, 1.807) is 0 Å². The highest BCUT2D eigenvalue weighted by Crippen LogP contribution is 2.36. The van der Waals surface area contributed by atoms with Crippen molar-refractivity contribution in [2.24, 2.45) is 0 Å². The number of hydrogen-bond donors (Lipinski definition) is 0. The van der Waals surface area contributed by atoms with E-state index in [4.69, 9.17) is 9.15 Å². The zero-order chi connectivity index (χ0) is 22.9. The summed E-state index contributed by atoms with van der Waals surface area (Å²) >= 11 is 0. The third kappa shape index (κ3) is 2.61. The number of rotatable bonds is 1. The molecule has 0 spiro atoms. The van der Waals surface area contributed by atoms with Crippen LogP contribution in [-0.4, -0.2) is 6.71 Å². The summed E-state index contributed by atoms with van der Waals surface area (Å²) in [5.74, 6) is 1.87. The Kier molecular flexibility index (Phi) is 3.78. The molecular weight excluding hydrogens is 427 g/mol. The zero-order valence-corrected chi connectivity index (χ0v) is 18.9. The summed E-state index contributed by atoms with van der Waals surface area (Å²) in [6.07, 6.45) is 0. The van der Waals surface area contributed by atoms with Gasteiger partial charge in [0.1, 0.15) is 22.7 Å². The smallest absolute Gasteiger partial charge is 0.255 e. The van der Waals surface area contributed by atoms with Crippen LogP contribution in [0.3, 0.4) is 0 Å². The van der Waals surface area contributed by atoms with Crippen molar-refractivity contribution in [1.82, 2.24) is 0 Å². The summed E-state index contributed by atoms with van der Waals surface area (Å²) < 4.78 is 13.3. The van der Waals surface area contributed by atoms with E-state index in [1.165, 1.54) is 21.7 Å². The second-order valence-corrected chi connectivity index (χ2v) is 9.27. The molecule has 1 aromatic heterocycles. The van der Waals surface area contributed by atoms with E-state index >= 15 is 0 Å². The highest BCUT2D eigenvalue weighted by atomic mass is 16.5. The van der Waals surface area contributed by atoms with E-state index in [1.807, 2.05) is 12.1 Å². The Morgan fingerprint density at radius 2 is 1.00 bits per heavy atom. The molecule has 35 heavy (non-hydrogen) atoms. The van der Waals surface area contributed by atoms with E-state index in [2.05, 4.69) is 103 Å². The molecule has 0 amide bonds. The van der Waals surface area contributed by atoms with Gasteiger partial charge in [-0.25, -0.2) is 0 Å². The molecule has 2 heterocycles. The van der Waals surface area contributed by atoms with Gasteiger partial charge in [0.05, 0.1) is 0 Å². The van der Waals surface area contributed by atoms with E-state index in [9.17, 15) is 0 Å². The van der Waals surface area contributed by atoms with Crippen molar-refractivity contribution in [1.29, 1.82) is 0 Å². The van der Waals surface area contributed by atoms with Gasteiger partial charge in [-0.2, -0.15) is 0 Å². The Hall–Kier alpha value is -4.50. The lowest BCUT2D eigenvalue weighted by Gasteiger charge is -2.29. The molecule has 1 aliphatic rings. The molecular formula is C32H19BO2.